The predicted molar refractivity (Wildman–Crippen MR) is 61.6 cm³/mol. The Hall–Kier alpha value is -0.240. The Morgan fingerprint density at radius 1 is 0.944 bits per heavy atom. The summed E-state index contributed by atoms with van der Waals surface area (Å²) in [7, 11) is 0. The Bertz CT molecular complexity index is 345. The van der Waals surface area contributed by atoms with Crippen LogP contribution in [0.5, 0.6) is 0 Å². The van der Waals surface area contributed by atoms with Crippen molar-refractivity contribution in [3.8, 4) is 0 Å². The van der Waals surface area contributed by atoms with E-state index in [1.807, 2.05) is 27.7 Å². The van der Waals surface area contributed by atoms with E-state index in [0.717, 1.165) is 0 Å². The summed E-state index contributed by atoms with van der Waals surface area (Å²) in [6.07, 6.45) is -1.07. The maximum Gasteiger partial charge on any atom is 0.189 e. The van der Waals surface area contributed by atoms with Gasteiger partial charge in [0, 0.05) is 0 Å². The van der Waals surface area contributed by atoms with Gasteiger partial charge in [0.1, 0.15) is 18.3 Å². The number of hydrogen-bond donors (Lipinski definition) is 1. The highest BCUT2D eigenvalue weighted by Gasteiger charge is 2.56. The van der Waals surface area contributed by atoms with Gasteiger partial charge in [0.25, 0.3) is 0 Å². The second-order valence-corrected chi connectivity index (χ2v) is 6.01. The van der Waals surface area contributed by atoms with E-state index in [1.54, 1.807) is 0 Å². The van der Waals surface area contributed by atoms with Crippen molar-refractivity contribution in [2.45, 2.75) is 69.9 Å². The Balaban J connectivity index is 1.68. The summed E-state index contributed by atoms with van der Waals surface area (Å²) in [5, 5.41) is 0. The molecule has 104 valence electrons. The summed E-state index contributed by atoms with van der Waals surface area (Å²) in [5.74, 6) is -1.21. The molecule has 0 aliphatic carbocycles. The summed E-state index contributed by atoms with van der Waals surface area (Å²) >= 11 is 0. The second kappa shape index (κ2) is 3.88. The molecule has 5 atom stereocenters. The Labute approximate surface area is 107 Å². The maximum atomic E-state index is 6.19. The average Bonchev–Trinajstić information content (AvgIpc) is 2.81. The summed E-state index contributed by atoms with van der Waals surface area (Å²) in [4.78, 5) is 0. The van der Waals surface area contributed by atoms with Crippen LogP contribution in [0, 0.1) is 0 Å². The molecule has 0 aromatic rings. The topological polar surface area (TPSA) is 72.2 Å². The summed E-state index contributed by atoms with van der Waals surface area (Å²) in [5.41, 5.74) is 6.19. The van der Waals surface area contributed by atoms with Gasteiger partial charge < -0.3 is 29.4 Å². The lowest BCUT2D eigenvalue weighted by molar-refractivity contribution is -0.222. The molecule has 6 nitrogen and oxygen atoms in total. The highest BCUT2D eigenvalue weighted by atomic mass is 16.8. The normalized spacial score (nSPS) is 49.5. The van der Waals surface area contributed by atoms with Gasteiger partial charge in [0.05, 0.1) is 12.6 Å². The molecule has 0 saturated carbocycles. The average molecular weight is 259 g/mol. The molecule has 3 aliphatic heterocycles. The van der Waals surface area contributed by atoms with Gasteiger partial charge in [-0.2, -0.15) is 0 Å². The van der Waals surface area contributed by atoms with Gasteiger partial charge in [-0.3, -0.25) is 0 Å². The number of rotatable bonds is 1. The van der Waals surface area contributed by atoms with Gasteiger partial charge in [-0.25, -0.2) is 0 Å². The van der Waals surface area contributed by atoms with Crippen LogP contribution in [0.4, 0.5) is 0 Å². The molecule has 0 aromatic heterocycles. The van der Waals surface area contributed by atoms with Crippen molar-refractivity contribution in [3.05, 3.63) is 0 Å². The van der Waals surface area contributed by atoms with E-state index in [2.05, 4.69) is 0 Å². The SMILES string of the molecule is CC1(C)OCC(C2OC3OC(C)(C)OC3C2N)O1. The lowest BCUT2D eigenvalue weighted by atomic mass is 10.0. The molecule has 5 unspecified atom stereocenters. The highest BCUT2D eigenvalue weighted by Crippen LogP contribution is 2.39. The molecule has 0 bridgehead atoms. The van der Waals surface area contributed by atoms with Crippen LogP contribution in [0.1, 0.15) is 27.7 Å². The molecule has 2 N–H and O–H groups in total. The Morgan fingerprint density at radius 2 is 1.67 bits per heavy atom. The van der Waals surface area contributed by atoms with E-state index in [1.165, 1.54) is 0 Å². The van der Waals surface area contributed by atoms with E-state index in [-0.39, 0.29) is 24.4 Å². The van der Waals surface area contributed by atoms with Crippen LogP contribution in [0.25, 0.3) is 0 Å². The van der Waals surface area contributed by atoms with Crippen molar-refractivity contribution in [2.24, 2.45) is 5.73 Å². The lowest BCUT2D eigenvalue weighted by Crippen LogP contribution is -2.47. The molecule has 3 fully saturated rings. The molecule has 3 saturated heterocycles. The Morgan fingerprint density at radius 3 is 2.22 bits per heavy atom. The first-order chi connectivity index (χ1) is 8.27. The number of ether oxygens (including phenoxy) is 5. The fourth-order valence-electron chi connectivity index (χ4n) is 2.77. The van der Waals surface area contributed by atoms with Crippen LogP contribution in [-0.2, 0) is 23.7 Å². The number of hydrogen-bond acceptors (Lipinski definition) is 6. The summed E-state index contributed by atoms with van der Waals surface area (Å²) in [6.45, 7) is 7.95. The molecule has 3 aliphatic rings. The van der Waals surface area contributed by atoms with Crippen LogP contribution in [0.15, 0.2) is 0 Å². The van der Waals surface area contributed by atoms with E-state index in [4.69, 9.17) is 29.4 Å². The lowest BCUT2D eigenvalue weighted by Gasteiger charge is -2.26. The smallest absolute Gasteiger partial charge is 0.189 e. The fraction of sp³-hybridized carbons (Fsp3) is 1.00. The number of fused-ring (bicyclic) bond motifs is 1. The minimum atomic E-state index is -0.635. The van der Waals surface area contributed by atoms with E-state index in [9.17, 15) is 0 Å². The molecular weight excluding hydrogens is 238 g/mol. The minimum Gasteiger partial charge on any atom is -0.348 e. The molecule has 0 amide bonds. The van der Waals surface area contributed by atoms with Crippen molar-refractivity contribution in [3.63, 3.8) is 0 Å². The van der Waals surface area contributed by atoms with Crippen molar-refractivity contribution in [1.82, 2.24) is 0 Å². The third kappa shape index (κ3) is 2.07. The molecule has 0 aromatic carbocycles. The third-order valence-electron chi connectivity index (χ3n) is 3.53. The first-order valence-electron chi connectivity index (χ1n) is 6.36. The third-order valence-corrected chi connectivity index (χ3v) is 3.53. The fourth-order valence-corrected chi connectivity index (χ4v) is 2.77. The van der Waals surface area contributed by atoms with E-state index >= 15 is 0 Å². The zero-order valence-electron chi connectivity index (χ0n) is 11.2. The minimum absolute atomic E-state index is 0.170. The van der Waals surface area contributed by atoms with Crippen LogP contribution < -0.4 is 5.73 Å². The maximum absolute atomic E-state index is 6.19. The van der Waals surface area contributed by atoms with Gasteiger partial charge in [-0.1, -0.05) is 0 Å². The largest absolute Gasteiger partial charge is 0.348 e. The molecule has 0 spiro atoms. The highest BCUT2D eigenvalue weighted by molar-refractivity contribution is 4.99. The van der Waals surface area contributed by atoms with Crippen molar-refractivity contribution < 1.29 is 23.7 Å². The van der Waals surface area contributed by atoms with Gasteiger partial charge in [0.2, 0.25) is 0 Å². The standard InChI is InChI=1S/C12H21NO5/c1-11(2)14-5-6(16-11)8-7(13)9-10(15-8)18-12(3,4)17-9/h6-10H,5,13H2,1-4H3. The van der Waals surface area contributed by atoms with Crippen molar-refractivity contribution in [2.75, 3.05) is 6.61 Å². The van der Waals surface area contributed by atoms with E-state index in [0.29, 0.717) is 6.61 Å². The molecule has 0 radical (unpaired) electrons. The first-order valence-corrected chi connectivity index (χ1v) is 6.36. The van der Waals surface area contributed by atoms with E-state index < -0.39 is 17.9 Å². The zero-order chi connectivity index (χ0) is 13.1. The zero-order valence-corrected chi connectivity index (χ0v) is 11.2. The van der Waals surface area contributed by atoms with Crippen LogP contribution >= 0.6 is 0 Å². The second-order valence-electron chi connectivity index (χ2n) is 6.01. The van der Waals surface area contributed by atoms with Gasteiger partial charge >= 0.3 is 0 Å². The quantitative estimate of drug-likeness (QED) is 0.732. The molecule has 6 heteroatoms. The van der Waals surface area contributed by atoms with Crippen LogP contribution in [-0.4, -0.2) is 48.8 Å². The van der Waals surface area contributed by atoms with Crippen LogP contribution in [0.3, 0.4) is 0 Å². The molecule has 3 rings (SSSR count). The molecule has 18 heavy (non-hydrogen) atoms. The first kappa shape index (κ1) is 12.8. The monoisotopic (exact) mass is 259 g/mol. The van der Waals surface area contributed by atoms with Gasteiger partial charge in [-0.05, 0) is 27.7 Å². The van der Waals surface area contributed by atoms with Crippen molar-refractivity contribution >= 4 is 0 Å². The van der Waals surface area contributed by atoms with Gasteiger partial charge in [0.15, 0.2) is 17.9 Å². The van der Waals surface area contributed by atoms with Gasteiger partial charge in [-0.15, -0.1) is 0 Å². The summed E-state index contributed by atoms with van der Waals surface area (Å²) in [6, 6.07) is -0.265. The molecule has 3 heterocycles. The number of nitrogens with two attached hydrogens (primary N) is 1. The van der Waals surface area contributed by atoms with Crippen LogP contribution in [0.2, 0.25) is 0 Å². The van der Waals surface area contributed by atoms with Crippen molar-refractivity contribution in [1.29, 1.82) is 0 Å². The predicted octanol–water partition coefficient (Wildman–Crippen LogP) is 0.342. The Kier molecular flexibility index (Phi) is 2.75. The summed E-state index contributed by atoms with van der Waals surface area (Å²) < 4.78 is 28.6. The molecular formula is C12H21NO5.